The van der Waals surface area contributed by atoms with Crippen LogP contribution in [-0.4, -0.2) is 0 Å². The zero-order valence-electron chi connectivity index (χ0n) is 16.6. The van der Waals surface area contributed by atoms with E-state index in [2.05, 4.69) is 33.8 Å². The number of unbranched alkanes of at least 4 members (excludes halogenated alkanes) is 9. The Bertz CT molecular complexity index is 358. The lowest BCUT2D eigenvalue weighted by Gasteiger charge is -2.18. The van der Waals surface area contributed by atoms with E-state index in [1.54, 1.807) is 16.7 Å². The van der Waals surface area contributed by atoms with Gasteiger partial charge in [0.1, 0.15) is 0 Å². The monoisotopic (exact) mass is 318 g/mol. The topological polar surface area (TPSA) is 0 Å². The molecule has 0 heteroatoms. The quantitative estimate of drug-likeness (QED) is 0.282. The van der Waals surface area contributed by atoms with Crippen molar-refractivity contribution in [2.45, 2.75) is 118 Å². The van der Waals surface area contributed by atoms with Gasteiger partial charge in [-0.1, -0.05) is 96.6 Å². The van der Waals surface area contributed by atoms with Crippen LogP contribution in [0.2, 0.25) is 0 Å². The lowest BCUT2D eigenvalue weighted by molar-refractivity contribution is 0.538. The van der Waals surface area contributed by atoms with Crippen LogP contribution in [0.5, 0.6) is 0 Å². The average Bonchev–Trinajstić information content (AvgIpc) is 2.91. The highest BCUT2D eigenvalue weighted by Gasteiger charge is 2.19. The molecule has 0 aromatic rings. The van der Waals surface area contributed by atoms with Crippen LogP contribution in [0.25, 0.3) is 0 Å². The van der Waals surface area contributed by atoms with E-state index in [9.17, 15) is 0 Å². The molecule has 0 radical (unpaired) electrons. The summed E-state index contributed by atoms with van der Waals surface area (Å²) in [7, 11) is 0. The Labute approximate surface area is 146 Å². The number of allylic oxidation sites excluding steroid dienone is 4. The van der Waals surface area contributed by atoms with Crippen molar-refractivity contribution in [3.8, 4) is 0 Å². The normalized spacial score (nSPS) is 16.1. The summed E-state index contributed by atoms with van der Waals surface area (Å²) in [4.78, 5) is 0. The van der Waals surface area contributed by atoms with Gasteiger partial charge in [-0.3, -0.25) is 0 Å². The summed E-state index contributed by atoms with van der Waals surface area (Å²) in [5.74, 6) is 0.783. The lowest BCUT2D eigenvalue weighted by Crippen LogP contribution is -2.03. The summed E-state index contributed by atoms with van der Waals surface area (Å²) in [5.41, 5.74) is 5.11. The molecule has 1 aliphatic carbocycles. The Balaban J connectivity index is 2.26. The van der Waals surface area contributed by atoms with Gasteiger partial charge >= 0.3 is 0 Å². The van der Waals surface area contributed by atoms with Crippen molar-refractivity contribution in [3.63, 3.8) is 0 Å². The van der Waals surface area contributed by atoms with E-state index in [4.69, 9.17) is 0 Å². The van der Waals surface area contributed by atoms with Gasteiger partial charge in [0.15, 0.2) is 0 Å². The molecule has 0 bridgehead atoms. The fourth-order valence-electron chi connectivity index (χ4n) is 4.04. The van der Waals surface area contributed by atoms with Crippen LogP contribution in [0.15, 0.2) is 22.8 Å². The molecule has 1 atom stereocenters. The first-order valence-electron chi connectivity index (χ1n) is 10.6. The fraction of sp³-hybridized carbons (Fsp3) is 0.826. The second kappa shape index (κ2) is 12.8. The molecule has 0 N–H and O–H groups in total. The fourth-order valence-corrected chi connectivity index (χ4v) is 4.04. The van der Waals surface area contributed by atoms with Gasteiger partial charge in [-0.05, 0) is 49.7 Å². The van der Waals surface area contributed by atoms with Gasteiger partial charge in [-0.25, -0.2) is 0 Å². The highest BCUT2D eigenvalue weighted by Crippen LogP contribution is 2.36. The Kier molecular flexibility index (Phi) is 11.5. The summed E-state index contributed by atoms with van der Waals surface area (Å²) in [6.45, 7) is 9.43. The molecule has 0 heterocycles. The molecule has 0 aliphatic heterocycles. The lowest BCUT2D eigenvalue weighted by atomic mass is 9.87. The third-order valence-corrected chi connectivity index (χ3v) is 5.49. The maximum absolute atomic E-state index is 2.53. The van der Waals surface area contributed by atoms with E-state index in [1.165, 1.54) is 89.9 Å². The van der Waals surface area contributed by atoms with E-state index in [1.807, 2.05) is 0 Å². The van der Waals surface area contributed by atoms with Gasteiger partial charge in [0.2, 0.25) is 0 Å². The van der Waals surface area contributed by atoms with Gasteiger partial charge in [0, 0.05) is 0 Å². The van der Waals surface area contributed by atoms with Crippen molar-refractivity contribution in [2.24, 2.45) is 5.92 Å². The first-order chi connectivity index (χ1) is 11.2. The molecular weight excluding hydrogens is 276 g/mol. The first-order valence-corrected chi connectivity index (χ1v) is 10.6. The Morgan fingerprint density at radius 2 is 1.39 bits per heavy atom. The van der Waals surface area contributed by atoms with Crippen LogP contribution in [0.3, 0.4) is 0 Å². The van der Waals surface area contributed by atoms with Crippen LogP contribution >= 0.6 is 0 Å². The van der Waals surface area contributed by atoms with Crippen molar-refractivity contribution in [1.29, 1.82) is 0 Å². The smallest absolute Gasteiger partial charge is 0.0130 e. The van der Waals surface area contributed by atoms with Gasteiger partial charge < -0.3 is 0 Å². The van der Waals surface area contributed by atoms with E-state index >= 15 is 0 Å². The SMILES string of the molecule is CCCCCCCCCC1=CCC(C)=C1C(C)CCCCCC. The molecule has 0 amide bonds. The highest BCUT2D eigenvalue weighted by molar-refractivity contribution is 5.43. The molecule has 1 unspecified atom stereocenters. The molecule has 0 aromatic carbocycles. The predicted octanol–water partition coefficient (Wildman–Crippen LogP) is 8.38. The number of rotatable bonds is 14. The summed E-state index contributed by atoms with van der Waals surface area (Å²) >= 11 is 0. The summed E-state index contributed by atoms with van der Waals surface area (Å²) in [5, 5.41) is 0. The second-order valence-corrected chi connectivity index (χ2v) is 7.75. The van der Waals surface area contributed by atoms with Crippen LogP contribution in [0, 0.1) is 5.92 Å². The molecule has 0 aromatic heterocycles. The van der Waals surface area contributed by atoms with E-state index in [0.29, 0.717) is 0 Å². The maximum Gasteiger partial charge on any atom is -0.0130 e. The molecule has 0 fully saturated rings. The van der Waals surface area contributed by atoms with Crippen LogP contribution in [0.4, 0.5) is 0 Å². The average molecular weight is 319 g/mol. The van der Waals surface area contributed by atoms with E-state index in [0.717, 1.165) is 5.92 Å². The third-order valence-electron chi connectivity index (χ3n) is 5.49. The van der Waals surface area contributed by atoms with Crippen molar-refractivity contribution >= 4 is 0 Å². The van der Waals surface area contributed by atoms with Crippen LogP contribution in [0.1, 0.15) is 118 Å². The molecule has 0 saturated heterocycles. The first kappa shape index (κ1) is 20.5. The van der Waals surface area contributed by atoms with Gasteiger partial charge in [-0.2, -0.15) is 0 Å². The van der Waals surface area contributed by atoms with Gasteiger partial charge in [0.25, 0.3) is 0 Å². The Hall–Kier alpha value is -0.520. The third kappa shape index (κ3) is 8.23. The summed E-state index contributed by atoms with van der Waals surface area (Å²) < 4.78 is 0. The predicted molar refractivity (Wildman–Crippen MR) is 106 cm³/mol. The minimum atomic E-state index is 0.783. The van der Waals surface area contributed by atoms with Gasteiger partial charge in [0.05, 0.1) is 0 Å². The molecule has 1 rings (SSSR count). The van der Waals surface area contributed by atoms with Crippen molar-refractivity contribution in [1.82, 2.24) is 0 Å². The zero-order chi connectivity index (χ0) is 16.9. The minimum absolute atomic E-state index is 0.783. The van der Waals surface area contributed by atoms with Crippen molar-refractivity contribution in [2.75, 3.05) is 0 Å². The standard InChI is InChI=1S/C23H42/c1-5-7-9-11-12-13-15-17-22-19-18-21(4)23(22)20(3)16-14-10-8-6-2/h19-20H,5-18H2,1-4H3. The largest absolute Gasteiger partial charge is 0.0770 e. The molecular formula is C23H42. The number of hydrogen-bond acceptors (Lipinski definition) is 0. The molecule has 0 saturated carbocycles. The van der Waals surface area contributed by atoms with E-state index in [-0.39, 0.29) is 0 Å². The Morgan fingerprint density at radius 1 is 0.826 bits per heavy atom. The summed E-state index contributed by atoms with van der Waals surface area (Å²) in [6, 6.07) is 0. The highest BCUT2D eigenvalue weighted by atomic mass is 14.2. The summed E-state index contributed by atoms with van der Waals surface area (Å²) in [6.07, 6.45) is 22.0. The molecule has 0 nitrogen and oxygen atoms in total. The molecule has 23 heavy (non-hydrogen) atoms. The number of hydrogen-bond donors (Lipinski definition) is 0. The minimum Gasteiger partial charge on any atom is -0.0770 e. The van der Waals surface area contributed by atoms with Crippen molar-refractivity contribution < 1.29 is 0 Å². The second-order valence-electron chi connectivity index (χ2n) is 7.75. The zero-order valence-corrected chi connectivity index (χ0v) is 16.6. The van der Waals surface area contributed by atoms with E-state index < -0.39 is 0 Å². The van der Waals surface area contributed by atoms with Gasteiger partial charge in [-0.15, -0.1) is 0 Å². The molecule has 0 spiro atoms. The molecule has 134 valence electrons. The van der Waals surface area contributed by atoms with Crippen LogP contribution in [-0.2, 0) is 0 Å². The molecule has 1 aliphatic rings. The Morgan fingerprint density at radius 3 is 2.04 bits per heavy atom. The van der Waals surface area contributed by atoms with Crippen molar-refractivity contribution in [3.05, 3.63) is 22.8 Å². The maximum atomic E-state index is 2.53. The van der Waals surface area contributed by atoms with Crippen LogP contribution < -0.4 is 0 Å².